The maximum atomic E-state index is 11.1. The van der Waals surface area contributed by atoms with Crippen LogP contribution in [0, 0.1) is 0 Å². The number of carboxylic acids is 4. The third-order valence-electron chi connectivity index (χ3n) is 2.63. The molecule has 0 bridgehead atoms. The Morgan fingerprint density at radius 3 is 0.781 bits per heavy atom. The van der Waals surface area contributed by atoms with Crippen molar-refractivity contribution in [3.63, 3.8) is 0 Å². The third-order valence-corrected chi connectivity index (χ3v) is 20.0. The van der Waals surface area contributed by atoms with Crippen LogP contribution in [0.25, 0.3) is 0 Å². The topological polar surface area (TPSA) is 253 Å². The third kappa shape index (κ3) is 31.5. The van der Waals surface area contributed by atoms with Crippen molar-refractivity contribution in [3.8, 4) is 0 Å². The normalized spacial score (nSPS) is 8.88. The van der Waals surface area contributed by atoms with Gasteiger partial charge in [0.15, 0.2) is 0 Å². The standard InChI is InChI=1S/2C6H10Ge2O7.O.Tc/c2*9-5(10)1-3-7(13)15-8(14)4-2-6(11)12;;/h2*1-4H2,(H,9,10)(H,11,12);;/i;;;1+1. The van der Waals surface area contributed by atoms with Crippen LogP contribution in [0.1, 0.15) is 25.7 Å². The van der Waals surface area contributed by atoms with Crippen LogP contribution in [0.3, 0.4) is 0 Å². The number of aliphatic carboxylic acids is 4. The summed E-state index contributed by atoms with van der Waals surface area (Å²) in [6.45, 7) is 0. The second kappa shape index (κ2) is 23.5. The van der Waals surface area contributed by atoms with Crippen LogP contribution in [-0.4, -0.2) is 103 Å². The molecule has 181 valence electrons. The van der Waals surface area contributed by atoms with Crippen LogP contribution in [0.4, 0.5) is 0 Å². The van der Waals surface area contributed by atoms with Gasteiger partial charge < -0.3 is 0 Å². The SMILES string of the molecule is O=C(O)C[CH2][Ge](=[O])[O][Ge](=[O])[CH2]CC(=O)O.O=C(O)C[CH2][Ge](=[O])[O][Ge](=[O])[CH2]CC(=O)O.[O]=[99Tc]. The molecule has 0 atom stereocenters. The van der Waals surface area contributed by atoms with Crippen molar-refractivity contribution in [3.05, 3.63) is 0 Å². The summed E-state index contributed by atoms with van der Waals surface area (Å²) >= 11 is -11.9. The summed E-state index contributed by atoms with van der Waals surface area (Å²) in [5.74, 6) is -4.34. The molecule has 0 aromatic carbocycles. The molecule has 0 fully saturated rings. The zero-order chi connectivity index (χ0) is 25.7. The van der Waals surface area contributed by atoms with E-state index in [0.29, 0.717) is 0 Å². The molecule has 0 amide bonds. The summed E-state index contributed by atoms with van der Waals surface area (Å²) in [7, 11) is 0. The van der Waals surface area contributed by atoms with Gasteiger partial charge >= 0.3 is 212 Å². The van der Waals surface area contributed by atoms with Gasteiger partial charge in [-0.1, -0.05) is 0 Å². The molecular formula is C12H20Ge4O15Tc. The van der Waals surface area contributed by atoms with E-state index < -0.39 is 82.4 Å². The first-order valence-corrected chi connectivity index (χ1v) is 21.9. The van der Waals surface area contributed by atoms with Crippen molar-refractivity contribution >= 4 is 82.4 Å². The average molecular weight is 794 g/mol. The summed E-state index contributed by atoms with van der Waals surface area (Å²) in [5, 5.41) is 32.7. The second-order valence-corrected chi connectivity index (χ2v) is 21.0. The van der Waals surface area contributed by atoms with Gasteiger partial charge in [-0.05, 0) is 0 Å². The Bertz CT molecular complexity index is 599. The van der Waals surface area contributed by atoms with Gasteiger partial charge in [-0.25, -0.2) is 0 Å². The van der Waals surface area contributed by atoms with Crippen LogP contribution in [0.15, 0.2) is 0 Å². The molecule has 32 heavy (non-hydrogen) atoms. The molecule has 20 heteroatoms. The predicted molar refractivity (Wildman–Crippen MR) is 96.9 cm³/mol. The van der Waals surface area contributed by atoms with E-state index in [1.165, 1.54) is 0 Å². The number of carbonyl (C=O) groups is 4. The van der Waals surface area contributed by atoms with E-state index in [-0.39, 0.29) is 46.7 Å². The first-order chi connectivity index (χ1) is 14.8. The first kappa shape index (κ1) is 35.9. The van der Waals surface area contributed by atoms with Crippen molar-refractivity contribution in [2.75, 3.05) is 0 Å². The Labute approximate surface area is 210 Å². The zero-order valence-electron chi connectivity index (χ0n) is 16.3. The Morgan fingerprint density at radius 1 is 0.500 bits per heavy atom. The molecule has 0 aromatic heterocycles. The molecule has 0 aliphatic heterocycles. The zero-order valence-corrected chi connectivity index (χ0v) is 26.6. The number of rotatable bonds is 16. The summed E-state index contributed by atoms with van der Waals surface area (Å²) in [4.78, 5) is 40.4. The molecule has 0 aromatic rings. The van der Waals surface area contributed by atoms with E-state index in [1.807, 2.05) is 0 Å². The van der Waals surface area contributed by atoms with Crippen molar-refractivity contribution in [1.29, 1.82) is 0 Å². The minimum atomic E-state index is -3.20. The average Bonchev–Trinajstić information content (AvgIpc) is 2.69. The van der Waals surface area contributed by atoms with Gasteiger partial charge in [0.05, 0.1) is 0 Å². The molecule has 4 N–H and O–H groups in total. The quantitative estimate of drug-likeness (QED) is 0.143. The Kier molecular flexibility index (Phi) is 26.3. The summed E-state index contributed by atoms with van der Waals surface area (Å²) in [6, 6.07) is 0. The number of carboxylic acid groups (broad SMARTS) is 4. The molecule has 0 saturated carbocycles. The van der Waals surface area contributed by atoms with Crippen molar-refractivity contribution in [2.24, 2.45) is 0 Å². The fourth-order valence-electron chi connectivity index (χ4n) is 1.29. The van der Waals surface area contributed by atoms with Gasteiger partial charge in [-0.2, -0.15) is 0 Å². The molecule has 0 aliphatic carbocycles. The summed E-state index contributed by atoms with van der Waals surface area (Å²) < 4.78 is 61.8. The van der Waals surface area contributed by atoms with Gasteiger partial charge in [0.25, 0.3) is 0 Å². The van der Waals surface area contributed by atoms with E-state index >= 15 is 0 Å². The van der Waals surface area contributed by atoms with Crippen LogP contribution < -0.4 is 0 Å². The van der Waals surface area contributed by atoms with E-state index in [9.17, 15) is 34.3 Å². The Hall–Kier alpha value is -0.699. The van der Waals surface area contributed by atoms with Gasteiger partial charge in [0.1, 0.15) is 0 Å². The number of hydrogen-bond acceptors (Lipinski definition) is 11. The maximum absolute atomic E-state index is 11.1. The Morgan fingerprint density at radius 2 is 0.656 bits per heavy atom. The van der Waals surface area contributed by atoms with E-state index in [1.54, 1.807) is 0 Å². The molecule has 0 saturated heterocycles. The van der Waals surface area contributed by atoms with Gasteiger partial charge in [0, 0.05) is 0 Å². The minimum absolute atomic E-state index is 0.0961. The van der Waals surface area contributed by atoms with E-state index in [2.05, 4.69) is 5.58 Å². The number of hydrogen-bond donors (Lipinski definition) is 4. The van der Waals surface area contributed by atoms with Crippen molar-refractivity contribution < 1.29 is 82.7 Å². The fraction of sp³-hybridized carbons (Fsp3) is 0.667. The van der Waals surface area contributed by atoms with E-state index in [0.717, 1.165) is 18.9 Å². The second-order valence-electron chi connectivity index (χ2n) is 5.27. The summed E-state index contributed by atoms with van der Waals surface area (Å²) in [5.41, 5.74) is 0. The van der Waals surface area contributed by atoms with Crippen molar-refractivity contribution in [2.45, 2.75) is 46.7 Å². The van der Waals surface area contributed by atoms with Gasteiger partial charge in [-0.3, -0.25) is 0 Å². The Balaban J connectivity index is -0.000000487. The van der Waals surface area contributed by atoms with Crippen LogP contribution in [0.2, 0.25) is 21.0 Å². The van der Waals surface area contributed by atoms with Gasteiger partial charge in [-0.15, -0.1) is 0 Å². The fourth-order valence-corrected chi connectivity index (χ4v) is 16.7. The molecular weight excluding hydrogens is 773 g/mol. The molecule has 0 heterocycles. The predicted octanol–water partition coefficient (Wildman–Crippen LogP) is -0.542. The van der Waals surface area contributed by atoms with Crippen molar-refractivity contribution in [1.82, 2.24) is 0 Å². The molecule has 0 radical (unpaired) electrons. The molecule has 15 nitrogen and oxygen atoms in total. The summed E-state index contributed by atoms with van der Waals surface area (Å²) in [6.07, 6.45) is -1.10. The molecule has 0 rings (SSSR count). The first-order valence-electron chi connectivity index (χ1n) is 8.33. The van der Waals surface area contributed by atoms with E-state index in [4.69, 9.17) is 23.9 Å². The molecule has 0 aliphatic rings. The molecule has 0 spiro atoms. The van der Waals surface area contributed by atoms with Crippen LogP contribution >= 0.6 is 0 Å². The van der Waals surface area contributed by atoms with Crippen LogP contribution in [-0.2, 0) is 62.2 Å². The monoisotopic (exact) mass is 799 g/mol. The van der Waals surface area contributed by atoms with Gasteiger partial charge in [0.2, 0.25) is 0 Å². The molecule has 0 unspecified atom stereocenters. The van der Waals surface area contributed by atoms with Crippen LogP contribution in [0.5, 0.6) is 0 Å².